The van der Waals surface area contributed by atoms with Crippen molar-refractivity contribution in [1.29, 1.82) is 0 Å². The van der Waals surface area contributed by atoms with Gasteiger partial charge in [-0.3, -0.25) is 4.79 Å². The van der Waals surface area contributed by atoms with Crippen molar-refractivity contribution < 1.29 is 14.3 Å². The maximum Gasteiger partial charge on any atom is 0.343 e. The van der Waals surface area contributed by atoms with Gasteiger partial charge in [-0.15, -0.1) is 0 Å². The van der Waals surface area contributed by atoms with Crippen LogP contribution < -0.4 is 11.1 Å². The number of ether oxygens (including phenoxy) is 1. The fraction of sp³-hybridized carbons (Fsp3) is 0.333. The van der Waals surface area contributed by atoms with Gasteiger partial charge in [0, 0.05) is 11.9 Å². The second kappa shape index (κ2) is 9.19. The zero-order valence-corrected chi connectivity index (χ0v) is 15.8. The number of thioether (sulfide) groups is 1. The molecule has 0 radical (unpaired) electrons. The lowest BCUT2D eigenvalue weighted by molar-refractivity contribution is -0.113. The van der Waals surface area contributed by atoms with Crippen LogP contribution in [-0.4, -0.2) is 34.2 Å². The minimum absolute atomic E-state index is 0.0330. The number of anilines is 2. The molecule has 1 aromatic carbocycles. The van der Waals surface area contributed by atoms with E-state index in [1.165, 1.54) is 11.8 Å². The molecule has 0 aliphatic carbocycles. The van der Waals surface area contributed by atoms with Crippen LogP contribution in [0.3, 0.4) is 0 Å². The first-order valence-electron chi connectivity index (χ1n) is 8.23. The van der Waals surface area contributed by atoms with E-state index >= 15 is 0 Å². The summed E-state index contributed by atoms with van der Waals surface area (Å²) in [5.41, 5.74) is 7.82. The number of nitrogens with two attached hydrogens (primary N) is 1. The molecule has 0 atom stereocenters. The van der Waals surface area contributed by atoms with E-state index in [1.807, 2.05) is 24.3 Å². The molecule has 138 valence electrons. The number of carbonyl (C=O) groups excluding carboxylic acids is 2. The van der Waals surface area contributed by atoms with Crippen molar-refractivity contribution in [3.05, 3.63) is 41.6 Å². The molecule has 0 unspecified atom stereocenters. The monoisotopic (exact) mass is 374 g/mol. The average Bonchev–Trinajstić information content (AvgIpc) is 2.60. The standard InChI is InChI=1S/C18H22N4O3S/c1-4-25-17(24)14-9-20-18(22-16(14)19)26-10-15(23)21-13-7-5-12(6-8-13)11(2)3/h5-9,11H,4,10H2,1-3H3,(H,21,23)(H2,19,20,22). The van der Waals surface area contributed by atoms with Crippen LogP contribution in [-0.2, 0) is 9.53 Å². The SMILES string of the molecule is CCOC(=O)c1cnc(SCC(=O)Nc2ccc(C(C)C)cc2)nc1N. The summed E-state index contributed by atoms with van der Waals surface area (Å²) in [6.07, 6.45) is 1.31. The summed E-state index contributed by atoms with van der Waals surface area (Å²) in [6.45, 7) is 6.17. The first kappa shape index (κ1) is 19.7. The average molecular weight is 374 g/mol. The highest BCUT2D eigenvalue weighted by Gasteiger charge is 2.14. The number of nitrogens with zero attached hydrogens (tertiary/aromatic N) is 2. The zero-order chi connectivity index (χ0) is 19.1. The van der Waals surface area contributed by atoms with Crippen LogP contribution in [0, 0.1) is 0 Å². The van der Waals surface area contributed by atoms with Gasteiger partial charge in [0.25, 0.3) is 0 Å². The second-order valence-corrected chi connectivity index (χ2v) is 6.73. The Kier molecular flexibility index (Phi) is 6.97. The van der Waals surface area contributed by atoms with Crippen molar-refractivity contribution in [1.82, 2.24) is 9.97 Å². The van der Waals surface area contributed by atoms with Crippen molar-refractivity contribution >= 4 is 35.1 Å². The van der Waals surface area contributed by atoms with Crippen molar-refractivity contribution in [2.75, 3.05) is 23.4 Å². The highest BCUT2D eigenvalue weighted by Crippen LogP contribution is 2.19. The number of nitrogens with one attached hydrogen (secondary N) is 1. The zero-order valence-electron chi connectivity index (χ0n) is 15.0. The number of esters is 1. The van der Waals surface area contributed by atoms with Crippen molar-refractivity contribution in [2.45, 2.75) is 31.8 Å². The number of aromatic nitrogens is 2. The van der Waals surface area contributed by atoms with Crippen molar-refractivity contribution in [3.63, 3.8) is 0 Å². The number of benzene rings is 1. The molecular weight excluding hydrogens is 352 g/mol. The molecule has 0 saturated heterocycles. The normalized spacial score (nSPS) is 10.6. The smallest absolute Gasteiger partial charge is 0.343 e. The van der Waals surface area contributed by atoms with Crippen molar-refractivity contribution in [3.8, 4) is 0 Å². The number of rotatable bonds is 7. The van der Waals surface area contributed by atoms with E-state index in [2.05, 4.69) is 29.1 Å². The maximum absolute atomic E-state index is 12.1. The molecule has 0 bridgehead atoms. The fourth-order valence-corrected chi connectivity index (χ4v) is 2.71. The van der Waals surface area contributed by atoms with Crippen LogP contribution in [0.2, 0.25) is 0 Å². The number of nitrogen functional groups attached to an aromatic ring is 1. The Morgan fingerprint density at radius 2 is 1.96 bits per heavy atom. The molecule has 0 saturated carbocycles. The van der Waals surface area contributed by atoms with Crippen LogP contribution in [0.15, 0.2) is 35.6 Å². The summed E-state index contributed by atoms with van der Waals surface area (Å²) >= 11 is 1.14. The Morgan fingerprint density at radius 1 is 1.27 bits per heavy atom. The minimum Gasteiger partial charge on any atom is -0.462 e. The van der Waals surface area contributed by atoms with Gasteiger partial charge < -0.3 is 15.8 Å². The van der Waals surface area contributed by atoms with E-state index in [1.54, 1.807) is 6.92 Å². The molecule has 0 aliphatic rings. The molecule has 0 spiro atoms. The molecule has 3 N–H and O–H groups in total. The molecule has 2 aromatic rings. The first-order chi connectivity index (χ1) is 12.4. The third kappa shape index (κ3) is 5.45. The summed E-state index contributed by atoms with van der Waals surface area (Å²) in [4.78, 5) is 31.8. The largest absolute Gasteiger partial charge is 0.462 e. The summed E-state index contributed by atoms with van der Waals surface area (Å²) < 4.78 is 4.87. The van der Waals surface area contributed by atoms with Gasteiger partial charge in [0.1, 0.15) is 11.4 Å². The van der Waals surface area contributed by atoms with Crippen LogP contribution in [0.25, 0.3) is 0 Å². The highest BCUT2D eigenvalue weighted by molar-refractivity contribution is 7.99. The molecule has 1 aromatic heterocycles. The van der Waals surface area contributed by atoms with Gasteiger partial charge in [-0.05, 0) is 30.5 Å². The number of hydrogen-bond donors (Lipinski definition) is 2. The second-order valence-electron chi connectivity index (χ2n) is 5.79. The number of hydrogen-bond acceptors (Lipinski definition) is 7. The van der Waals surface area contributed by atoms with E-state index in [4.69, 9.17) is 10.5 Å². The van der Waals surface area contributed by atoms with Gasteiger partial charge in [-0.25, -0.2) is 14.8 Å². The van der Waals surface area contributed by atoms with Crippen LogP contribution in [0.1, 0.15) is 42.6 Å². The van der Waals surface area contributed by atoms with Crippen LogP contribution in [0.5, 0.6) is 0 Å². The van der Waals surface area contributed by atoms with Crippen molar-refractivity contribution in [2.24, 2.45) is 0 Å². The number of carbonyl (C=O) groups is 2. The summed E-state index contributed by atoms with van der Waals surface area (Å²) in [5.74, 6) is -0.140. The third-order valence-corrected chi connectivity index (χ3v) is 4.35. The van der Waals surface area contributed by atoms with E-state index in [0.717, 1.165) is 17.4 Å². The first-order valence-corrected chi connectivity index (χ1v) is 9.21. The molecule has 1 heterocycles. The summed E-state index contributed by atoms with van der Waals surface area (Å²) in [6, 6.07) is 7.73. The molecule has 0 fully saturated rings. The van der Waals surface area contributed by atoms with E-state index < -0.39 is 5.97 Å². The lowest BCUT2D eigenvalue weighted by Gasteiger charge is -2.08. The Morgan fingerprint density at radius 3 is 2.54 bits per heavy atom. The molecule has 0 aliphatic heterocycles. The van der Waals surface area contributed by atoms with Gasteiger partial charge in [0.2, 0.25) is 5.91 Å². The van der Waals surface area contributed by atoms with E-state index in [-0.39, 0.29) is 29.6 Å². The molecule has 8 heteroatoms. The Balaban J connectivity index is 1.90. The lowest BCUT2D eigenvalue weighted by atomic mass is 10.0. The molecule has 2 rings (SSSR count). The predicted octanol–water partition coefficient (Wildman–Crippen LogP) is 3.09. The molecular formula is C18H22N4O3S. The van der Waals surface area contributed by atoms with Gasteiger partial charge in [-0.1, -0.05) is 37.7 Å². The maximum atomic E-state index is 12.1. The van der Waals surface area contributed by atoms with E-state index in [9.17, 15) is 9.59 Å². The van der Waals surface area contributed by atoms with Crippen LogP contribution >= 0.6 is 11.8 Å². The third-order valence-electron chi connectivity index (χ3n) is 3.48. The Hall–Kier alpha value is -2.61. The topological polar surface area (TPSA) is 107 Å². The van der Waals surface area contributed by atoms with Gasteiger partial charge >= 0.3 is 5.97 Å². The van der Waals surface area contributed by atoms with Crippen LogP contribution in [0.4, 0.5) is 11.5 Å². The minimum atomic E-state index is -0.566. The summed E-state index contributed by atoms with van der Waals surface area (Å²) in [7, 11) is 0. The van der Waals surface area contributed by atoms with Gasteiger partial charge in [0.05, 0.1) is 12.4 Å². The van der Waals surface area contributed by atoms with Gasteiger partial charge in [-0.2, -0.15) is 0 Å². The molecule has 26 heavy (non-hydrogen) atoms. The fourth-order valence-electron chi connectivity index (χ4n) is 2.09. The molecule has 7 nitrogen and oxygen atoms in total. The van der Waals surface area contributed by atoms with E-state index in [0.29, 0.717) is 11.1 Å². The number of amides is 1. The Labute approximate surface area is 156 Å². The van der Waals surface area contributed by atoms with Gasteiger partial charge in [0.15, 0.2) is 5.16 Å². The summed E-state index contributed by atoms with van der Waals surface area (Å²) in [5, 5.41) is 3.14. The molecule has 1 amide bonds. The quantitative estimate of drug-likeness (QED) is 0.435. The lowest BCUT2D eigenvalue weighted by Crippen LogP contribution is -2.15. The highest BCUT2D eigenvalue weighted by atomic mass is 32.2. The predicted molar refractivity (Wildman–Crippen MR) is 102 cm³/mol. The Bertz CT molecular complexity index is 779.